The lowest BCUT2D eigenvalue weighted by Gasteiger charge is -2.48. The molecule has 11 rings (SSSR count). The van der Waals surface area contributed by atoms with Gasteiger partial charge in [-0.1, -0.05) is 0 Å². The minimum atomic E-state index is -1.94. The van der Waals surface area contributed by atoms with E-state index < -0.39 is 147 Å². The molecule has 8 N–H and O–H groups in total. The van der Waals surface area contributed by atoms with Gasteiger partial charge in [0, 0.05) is 23.7 Å². The van der Waals surface area contributed by atoms with E-state index in [9.17, 15) is 40.9 Å². The van der Waals surface area contributed by atoms with Gasteiger partial charge in [-0.25, -0.2) is 0 Å². The molecule has 5 heterocycles. The first-order chi connectivity index (χ1) is 39.6. The normalized spacial score (nSPS) is 33.5. The molecule has 0 spiro atoms. The second kappa shape index (κ2) is 23.2. The highest BCUT2D eigenvalue weighted by atomic mass is 16.7. The van der Waals surface area contributed by atoms with Crippen molar-refractivity contribution in [1.29, 1.82) is 0 Å². The second-order valence-electron chi connectivity index (χ2n) is 20.7. The Labute approximate surface area is 468 Å². The van der Waals surface area contributed by atoms with Crippen LogP contribution in [-0.2, 0) is 38.0 Å². The van der Waals surface area contributed by atoms with Gasteiger partial charge in [-0.15, -0.1) is 0 Å². The topological polar surface area (TPSA) is 344 Å². The zero-order valence-corrected chi connectivity index (χ0v) is 45.2. The molecule has 0 saturated carbocycles. The van der Waals surface area contributed by atoms with E-state index in [4.69, 9.17) is 75.8 Å². The summed E-state index contributed by atoms with van der Waals surface area (Å²) in [4.78, 5) is 32.1. The van der Waals surface area contributed by atoms with Crippen LogP contribution >= 0.6 is 0 Å². The third-order valence-electron chi connectivity index (χ3n) is 16.6. The summed E-state index contributed by atoms with van der Waals surface area (Å²) in [5.41, 5.74) is 2.16. The predicted molar refractivity (Wildman–Crippen MR) is 272 cm³/mol. The Bertz CT molecular complexity index is 2770. The van der Waals surface area contributed by atoms with Crippen LogP contribution in [0.3, 0.4) is 0 Å². The molecule has 18 atom stereocenters. The zero-order valence-electron chi connectivity index (χ0n) is 45.2. The van der Waals surface area contributed by atoms with Crippen LogP contribution in [0.25, 0.3) is 0 Å². The molecule has 3 fully saturated rings. The number of aliphatic hydroxyl groups is 8. The quantitative estimate of drug-likeness (QED) is 0.0796. The molecule has 3 saturated heterocycles. The number of hydrogen-bond donors (Lipinski definition) is 8. The fourth-order valence-corrected chi connectivity index (χ4v) is 12.6. The van der Waals surface area contributed by atoms with Crippen molar-refractivity contribution in [3.63, 3.8) is 0 Å². The van der Waals surface area contributed by atoms with Gasteiger partial charge in [0.1, 0.15) is 48.8 Å². The third-order valence-corrected chi connectivity index (χ3v) is 16.6. The minimum Gasteiger partial charge on any atom is -0.493 e. The summed E-state index contributed by atoms with van der Waals surface area (Å²) in [6.45, 7) is -3.30. The van der Waals surface area contributed by atoms with Crippen LogP contribution in [0, 0.1) is 23.7 Å². The summed E-state index contributed by atoms with van der Waals surface area (Å²) in [5, 5.41) is 87.4. The van der Waals surface area contributed by atoms with Gasteiger partial charge in [0.2, 0.25) is 25.1 Å². The largest absolute Gasteiger partial charge is 0.493 e. The Morgan fingerprint density at radius 2 is 0.756 bits per heavy atom. The van der Waals surface area contributed by atoms with E-state index >= 15 is 9.59 Å². The third kappa shape index (κ3) is 9.66. The Kier molecular flexibility index (Phi) is 16.2. The molecular weight excluding hydrogens is 1090 g/mol. The number of esters is 2. The van der Waals surface area contributed by atoms with Gasteiger partial charge >= 0.3 is 11.9 Å². The molecule has 26 nitrogen and oxygen atoms in total. The molecule has 7 aliphatic rings. The van der Waals surface area contributed by atoms with Crippen LogP contribution in [0.1, 0.15) is 57.4 Å². The van der Waals surface area contributed by atoms with E-state index in [-0.39, 0.29) is 71.1 Å². The van der Waals surface area contributed by atoms with E-state index in [0.717, 1.165) is 0 Å². The van der Waals surface area contributed by atoms with E-state index in [0.29, 0.717) is 33.4 Å². The number of carbonyl (C=O) groups is 2. The number of cyclic esters (lactones) is 2. The Hall–Kier alpha value is -6.66. The highest BCUT2D eigenvalue weighted by Crippen LogP contribution is 2.59. The molecule has 0 bridgehead atoms. The van der Waals surface area contributed by atoms with E-state index in [1.807, 2.05) is 0 Å². The first-order valence-electron chi connectivity index (χ1n) is 26.3. The zero-order chi connectivity index (χ0) is 58.0. The average molecular weight is 1150 g/mol. The maximum Gasteiger partial charge on any atom is 0.310 e. The van der Waals surface area contributed by atoms with E-state index in [2.05, 4.69) is 0 Å². The van der Waals surface area contributed by atoms with Gasteiger partial charge in [0.25, 0.3) is 0 Å². The van der Waals surface area contributed by atoms with Crippen molar-refractivity contribution in [2.75, 3.05) is 82.7 Å². The molecule has 0 radical (unpaired) electrons. The molecule has 26 heteroatoms. The Morgan fingerprint density at radius 1 is 0.427 bits per heavy atom. The highest BCUT2D eigenvalue weighted by Gasteiger charge is 2.57. The van der Waals surface area contributed by atoms with Gasteiger partial charge in [0.05, 0.1) is 93.1 Å². The van der Waals surface area contributed by atoms with Gasteiger partial charge in [-0.2, -0.15) is 0 Å². The monoisotopic (exact) mass is 1150 g/mol. The predicted octanol–water partition coefficient (Wildman–Crippen LogP) is 0.467. The fraction of sp³-hybridized carbons (Fsp3) is 0.536. The standard InChI is InChI=1S/C56H64O26/c1-67-33-7-21(8-34(68-2)51(33)71-5)39-23-11-29-31(77-19-75-29)13-25(23)49(81-55-47(63)45(61)43(59)37(15-57)79-55)27-17-74-54(66)42-28(18-73-53(65)41(27)39)50(82-56-48(64)46(62)44(60)38(16-58)80-56)26-14-32-30(76-20-78-32)12-24(26)40(42)22-9-35(69-3)52(72-6)36(10-22)70-4/h7-14,27-28,37-50,55-64H,15-20H2,1-6H3/t27-,28?,37+,38+,39+,40+,41+,42+,43+,44+,45-,46-,47+,48+,49-,50-,55-,56-/m0/s1. The number of fused-ring (bicyclic) bond motifs is 6. The Morgan fingerprint density at radius 3 is 1.06 bits per heavy atom. The maximum atomic E-state index is 16.0. The SMILES string of the molecule is COc1cc([C@@H]2c3cc4c(cc3[C@H](O[C@@H]3O[C@H](CO)[C@@H](O)[C@H](O)[C@H]3O)[C@H]3COC(=O)[C@@H]5C(COC(=O)[C@@H]23)[C@@H](O[C@@H]2O[C@H](CO)[C@@H](O)[C@H](O)[C@H]2O)c2cc3c(cc2[C@H]5c2cc(OC)c(OC)c(OC)c2)OCO3)OCO4)cc(OC)c1OC. The first-order valence-corrected chi connectivity index (χ1v) is 26.3. The summed E-state index contributed by atoms with van der Waals surface area (Å²) < 4.78 is 96.8. The molecule has 4 aromatic rings. The molecule has 444 valence electrons. The molecule has 1 unspecified atom stereocenters. The van der Waals surface area contributed by atoms with E-state index in [1.165, 1.54) is 42.7 Å². The Balaban J connectivity index is 1.12. The summed E-state index contributed by atoms with van der Waals surface area (Å²) >= 11 is 0. The molecule has 82 heavy (non-hydrogen) atoms. The molecule has 5 aliphatic heterocycles. The number of hydrogen-bond acceptors (Lipinski definition) is 26. The van der Waals surface area contributed by atoms with Crippen LogP contribution < -0.4 is 47.4 Å². The first kappa shape index (κ1) is 57.2. The van der Waals surface area contributed by atoms with Crippen LogP contribution in [0.4, 0.5) is 0 Å². The summed E-state index contributed by atoms with van der Waals surface area (Å²) in [6.07, 6.45) is -20.5. The van der Waals surface area contributed by atoms with Gasteiger partial charge in [-0.05, 0) is 81.9 Å². The molecule has 0 aromatic heterocycles. The molecule has 2 aliphatic carbocycles. The second-order valence-corrected chi connectivity index (χ2v) is 20.7. The van der Waals surface area contributed by atoms with Crippen molar-refractivity contribution in [3.8, 4) is 57.5 Å². The number of ether oxygens (including phenoxy) is 16. The molecular formula is C56H64O26. The van der Waals surface area contributed by atoms with Gasteiger partial charge in [0.15, 0.2) is 58.6 Å². The van der Waals surface area contributed by atoms with Crippen LogP contribution in [0.15, 0.2) is 48.5 Å². The molecule has 0 amide bonds. The van der Waals surface area contributed by atoms with Crippen molar-refractivity contribution in [2.24, 2.45) is 23.7 Å². The van der Waals surface area contributed by atoms with Crippen LogP contribution in [-0.4, -0.2) is 197 Å². The smallest absolute Gasteiger partial charge is 0.310 e. The summed E-state index contributed by atoms with van der Waals surface area (Å²) in [7, 11) is 8.51. The van der Waals surface area contributed by atoms with Crippen molar-refractivity contribution >= 4 is 11.9 Å². The van der Waals surface area contributed by atoms with Crippen molar-refractivity contribution in [1.82, 2.24) is 0 Å². The lowest BCUT2D eigenvalue weighted by molar-refractivity contribution is -0.320. The van der Waals surface area contributed by atoms with Gasteiger partial charge in [-0.3, -0.25) is 9.59 Å². The highest BCUT2D eigenvalue weighted by molar-refractivity contribution is 5.80. The number of aliphatic hydroxyl groups excluding tert-OH is 8. The summed E-state index contributed by atoms with van der Waals surface area (Å²) in [5.74, 6) is -7.24. The maximum absolute atomic E-state index is 16.0. The molecule has 4 aromatic carbocycles. The van der Waals surface area contributed by atoms with E-state index in [1.54, 1.807) is 48.5 Å². The number of rotatable bonds is 14. The van der Waals surface area contributed by atoms with Crippen LogP contribution in [0.5, 0.6) is 57.5 Å². The fourth-order valence-electron chi connectivity index (χ4n) is 12.6. The lowest BCUT2D eigenvalue weighted by Crippen LogP contribution is -2.60. The van der Waals surface area contributed by atoms with Gasteiger partial charge < -0.3 is 117 Å². The lowest BCUT2D eigenvalue weighted by atomic mass is 9.64. The van der Waals surface area contributed by atoms with Crippen molar-refractivity contribution in [2.45, 2.75) is 85.5 Å². The van der Waals surface area contributed by atoms with Crippen molar-refractivity contribution < 1.29 is 126 Å². The van der Waals surface area contributed by atoms with Crippen LogP contribution in [0.2, 0.25) is 0 Å². The number of methoxy groups -OCH3 is 6. The minimum absolute atomic E-state index is 0.191. The summed E-state index contributed by atoms with van der Waals surface area (Å²) in [6, 6.07) is 13.1. The number of benzene rings is 4. The van der Waals surface area contributed by atoms with Crippen molar-refractivity contribution in [3.05, 3.63) is 81.9 Å². The number of carbonyl (C=O) groups excluding carboxylic acids is 2. The average Bonchev–Trinajstić information content (AvgIpc) is 2.70.